The lowest BCUT2D eigenvalue weighted by atomic mass is 10.2. The minimum Gasteiger partial charge on any atom is -0.506 e. The van der Waals surface area contributed by atoms with Crippen LogP contribution in [0.2, 0.25) is 5.02 Å². The smallest absolute Gasteiger partial charge is 0.280 e. The Morgan fingerprint density at radius 2 is 1.89 bits per heavy atom. The second-order valence-electron chi connectivity index (χ2n) is 5.76. The molecule has 7 nitrogen and oxygen atoms in total. The molecule has 138 valence electrons. The molecule has 0 unspecified atom stereocenters. The second-order valence-corrected chi connectivity index (χ2v) is 6.20. The Bertz CT molecular complexity index is 1060. The number of anilines is 1. The first-order valence-electron chi connectivity index (χ1n) is 7.94. The molecule has 8 heteroatoms. The minimum atomic E-state index is -0.662. The number of nitrogens with one attached hydrogen (secondary N) is 1. The Labute approximate surface area is 159 Å². The Balaban J connectivity index is 2.04. The number of nitrogens with zero attached hydrogens (tertiary/aromatic N) is 2. The van der Waals surface area contributed by atoms with Gasteiger partial charge in [0.15, 0.2) is 11.4 Å². The second kappa shape index (κ2) is 7.51. The van der Waals surface area contributed by atoms with Crippen LogP contribution in [0.5, 0.6) is 11.5 Å². The lowest BCUT2D eigenvalue weighted by molar-refractivity contribution is 0.101. The van der Waals surface area contributed by atoms with Crippen LogP contribution in [0.4, 0.5) is 5.69 Å². The average molecular weight is 386 g/mol. The van der Waals surface area contributed by atoms with Crippen LogP contribution < -0.4 is 15.6 Å². The summed E-state index contributed by atoms with van der Waals surface area (Å²) in [6.07, 6.45) is 0. The standard InChI is InChI=1S/C19H16ClN3O4/c1-11-3-6-13(7-4-11)23-17(25)10-16(27-2)18(22-23)19(26)21-14-9-12(20)5-8-15(14)24/h3-10,24H,1-2H3,(H,21,26). The highest BCUT2D eigenvalue weighted by Crippen LogP contribution is 2.27. The maximum atomic E-state index is 12.7. The van der Waals surface area contributed by atoms with Gasteiger partial charge in [0.1, 0.15) is 5.75 Å². The molecule has 0 spiro atoms. The molecular weight excluding hydrogens is 370 g/mol. The Kier molecular flexibility index (Phi) is 5.14. The highest BCUT2D eigenvalue weighted by molar-refractivity contribution is 6.31. The molecular formula is C19H16ClN3O4. The van der Waals surface area contributed by atoms with Crippen LogP contribution in [0.3, 0.4) is 0 Å². The van der Waals surface area contributed by atoms with Gasteiger partial charge < -0.3 is 15.2 Å². The molecule has 1 aromatic heterocycles. The monoisotopic (exact) mass is 385 g/mol. The third-order valence-electron chi connectivity index (χ3n) is 3.82. The van der Waals surface area contributed by atoms with Crippen molar-refractivity contribution < 1.29 is 14.6 Å². The summed E-state index contributed by atoms with van der Waals surface area (Å²) >= 11 is 5.90. The number of carbonyl (C=O) groups is 1. The number of benzene rings is 2. The maximum absolute atomic E-state index is 12.7. The molecule has 2 N–H and O–H groups in total. The Morgan fingerprint density at radius 1 is 1.19 bits per heavy atom. The van der Waals surface area contributed by atoms with E-state index in [1.54, 1.807) is 12.1 Å². The molecule has 0 fully saturated rings. The normalized spacial score (nSPS) is 10.5. The number of rotatable bonds is 4. The van der Waals surface area contributed by atoms with Gasteiger partial charge in [-0.05, 0) is 37.3 Å². The van der Waals surface area contributed by atoms with Crippen molar-refractivity contribution in [1.82, 2.24) is 9.78 Å². The third kappa shape index (κ3) is 3.93. The number of carbonyl (C=O) groups excluding carboxylic acids is 1. The zero-order chi connectivity index (χ0) is 19.6. The van der Waals surface area contributed by atoms with E-state index in [0.717, 1.165) is 10.2 Å². The predicted molar refractivity (Wildman–Crippen MR) is 102 cm³/mol. The number of phenols is 1. The van der Waals surface area contributed by atoms with Crippen molar-refractivity contribution in [1.29, 1.82) is 0 Å². The molecule has 3 aromatic rings. The maximum Gasteiger partial charge on any atom is 0.280 e. The number of hydrogen-bond acceptors (Lipinski definition) is 5. The average Bonchev–Trinajstić information content (AvgIpc) is 2.65. The van der Waals surface area contributed by atoms with Crippen LogP contribution in [0, 0.1) is 6.92 Å². The molecule has 0 aliphatic heterocycles. The van der Waals surface area contributed by atoms with Crippen LogP contribution in [0.1, 0.15) is 16.1 Å². The van der Waals surface area contributed by atoms with E-state index in [4.69, 9.17) is 16.3 Å². The number of amides is 1. The molecule has 3 rings (SSSR count). The van der Waals surface area contributed by atoms with Crippen molar-refractivity contribution in [3.63, 3.8) is 0 Å². The molecule has 0 saturated carbocycles. The zero-order valence-corrected chi connectivity index (χ0v) is 15.3. The summed E-state index contributed by atoms with van der Waals surface area (Å²) in [5, 5.41) is 16.9. The van der Waals surface area contributed by atoms with E-state index in [1.165, 1.54) is 31.4 Å². The van der Waals surface area contributed by atoms with E-state index in [2.05, 4.69) is 10.4 Å². The summed E-state index contributed by atoms with van der Waals surface area (Å²) in [4.78, 5) is 25.0. The highest BCUT2D eigenvalue weighted by Gasteiger charge is 2.19. The van der Waals surface area contributed by atoms with Crippen molar-refractivity contribution in [3.05, 3.63) is 75.2 Å². The molecule has 0 atom stereocenters. The van der Waals surface area contributed by atoms with Crippen molar-refractivity contribution in [3.8, 4) is 17.2 Å². The first kappa shape index (κ1) is 18.5. The summed E-state index contributed by atoms with van der Waals surface area (Å²) in [7, 11) is 1.33. The van der Waals surface area contributed by atoms with Crippen LogP contribution in [-0.2, 0) is 0 Å². The summed E-state index contributed by atoms with van der Waals surface area (Å²) < 4.78 is 6.23. The van der Waals surface area contributed by atoms with E-state index in [-0.39, 0.29) is 22.9 Å². The van der Waals surface area contributed by atoms with E-state index >= 15 is 0 Å². The number of aromatic hydroxyl groups is 1. The topological polar surface area (TPSA) is 93.5 Å². The number of methoxy groups -OCH3 is 1. The van der Waals surface area contributed by atoms with Crippen LogP contribution in [-0.4, -0.2) is 27.9 Å². The number of aryl methyl sites for hydroxylation is 1. The summed E-state index contributed by atoms with van der Waals surface area (Å²) in [5.41, 5.74) is 1.09. The summed E-state index contributed by atoms with van der Waals surface area (Å²) in [6, 6.07) is 12.5. The number of phenolic OH excluding ortho intramolecular Hbond substituents is 1. The zero-order valence-electron chi connectivity index (χ0n) is 14.6. The predicted octanol–water partition coefficient (Wildman–Crippen LogP) is 3.16. The van der Waals surface area contributed by atoms with Gasteiger partial charge in [0, 0.05) is 5.02 Å². The van der Waals surface area contributed by atoms with E-state index in [1.807, 2.05) is 19.1 Å². The fraction of sp³-hybridized carbons (Fsp3) is 0.105. The first-order valence-corrected chi connectivity index (χ1v) is 8.32. The molecule has 1 amide bonds. The number of ether oxygens (including phenoxy) is 1. The van der Waals surface area contributed by atoms with Crippen LogP contribution >= 0.6 is 11.6 Å². The van der Waals surface area contributed by atoms with Gasteiger partial charge in [0.2, 0.25) is 0 Å². The molecule has 0 radical (unpaired) electrons. The fourth-order valence-corrected chi connectivity index (χ4v) is 2.59. The first-order chi connectivity index (χ1) is 12.9. The number of halogens is 1. The van der Waals surface area contributed by atoms with Gasteiger partial charge in [0.25, 0.3) is 11.5 Å². The van der Waals surface area contributed by atoms with Gasteiger partial charge in [-0.2, -0.15) is 9.78 Å². The molecule has 0 bridgehead atoms. The van der Waals surface area contributed by atoms with Gasteiger partial charge in [-0.15, -0.1) is 0 Å². The Hall–Kier alpha value is -3.32. The molecule has 0 saturated heterocycles. The number of hydrogen-bond donors (Lipinski definition) is 2. The van der Waals surface area contributed by atoms with Gasteiger partial charge in [-0.3, -0.25) is 9.59 Å². The molecule has 0 aliphatic carbocycles. The molecule has 1 heterocycles. The van der Waals surface area contributed by atoms with Crippen molar-refractivity contribution >= 4 is 23.2 Å². The van der Waals surface area contributed by atoms with E-state index in [0.29, 0.717) is 10.7 Å². The summed E-state index contributed by atoms with van der Waals surface area (Å²) in [5.74, 6) is -0.800. The molecule has 0 aliphatic rings. The molecule has 2 aromatic carbocycles. The fourth-order valence-electron chi connectivity index (χ4n) is 2.41. The van der Waals surface area contributed by atoms with Gasteiger partial charge in [-0.1, -0.05) is 29.3 Å². The van der Waals surface area contributed by atoms with E-state index < -0.39 is 11.5 Å². The van der Waals surface area contributed by atoms with Crippen LogP contribution in [0.15, 0.2) is 53.3 Å². The quantitative estimate of drug-likeness (QED) is 0.673. The number of aromatic nitrogens is 2. The van der Waals surface area contributed by atoms with Gasteiger partial charge in [-0.25, -0.2) is 0 Å². The minimum absolute atomic E-state index is 0.0161. The van der Waals surface area contributed by atoms with E-state index in [9.17, 15) is 14.7 Å². The van der Waals surface area contributed by atoms with Crippen molar-refractivity contribution in [2.24, 2.45) is 0 Å². The largest absolute Gasteiger partial charge is 0.506 e. The SMILES string of the molecule is COc1cc(=O)n(-c2ccc(C)cc2)nc1C(=O)Nc1cc(Cl)ccc1O. The Morgan fingerprint density at radius 3 is 2.56 bits per heavy atom. The van der Waals surface area contributed by atoms with Crippen molar-refractivity contribution in [2.75, 3.05) is 12.4 Å². The van der Waals surface area contributed by atoms with Gasteiger partial charge >= 0.3 is 0 Å². The third-order valence-corrected chi connectivity index (χ3v) is 4.05. The highest BCUT2D eigenvalue weighted by atomic mass is 35.5. The lowest BCUT2D eigenvalue weighted by Crippen LogP contribution is -2.26. The van der Waals surface area contributed by atoms with Crippen molar-refractivity contribution in [2.45, 2.75) is 6.92 Å². The van der Waals surface area contributed by atoms with Crippen LogP contribution in [0.25, 0.3) is 5.69 Å². The molecule has 27 heavy (non-hydrogen) atoms. The lowest BCUT2D eigenvalue weighted by Gasteiger charge is -2.12. The van der Waals surface area contributed by atoms with Gasteiger partial charge in [0.05, 0.1) is 24.6 Å². The summed E-state index contributed by atoms with van der Waals surface area (Å²) in [6.45, 7) is 1.92.